The Bertz CT molecular complexity index is 514. The third-order valence-corrected chi connectivity index (χ3v) is 3.36. The molecule has 2 aromatic rings. The van der Waals surface area contributed by atoms with E-state index in [2.05, 4.69) is 48.5 Å². The molecule has 1 heterocycles. The smallest absolute Gasteiger partial charge is 0.0492 e. The topological polar surface area (TPSA) is 29.9 Å². The molecule has 0 saturated carbocycles. The van der Waals surface area contributed by atoms with E-state index in [0.717, 1.165) is 19.4 Å². The number of hydrogen-bond donors (Lipinski definition) is 1. The summed E-state index contributed by atoms with van der Waals surface area (Å²) in [5.74, 6) is 0. The Morgan fingerprint density at radius 2 is 2.11 bits per heavy atom. The zero-order valence-corrected chi connectivity index (χ0v) is 11.4. The summed E-state index contributed by atoms with van der Waals surface area (Å²) in [4.78, 5) is 0. The average Bonchev–Trinajstić information content (AvgIpc) is 2.77. The summed E-state index contributed by atoms with van der Waals surface area (Å²) < 4.78 is 1.92. The van der Waals surface area contributed by atoms with Crippen LogP contribution < -0.4 is 5.32 Å². The van der Waals surface area contributed by atoms with Gasteiger partial charge in [-0.25, -0.2) is 0 Å². The molecule has 0 spiro atoms. The van der Waals surface area contributed by atoms with Gasteiger partial charge in [-0.2, -0.15) is 5.10 Å². The molecule has 1 aromatic carbocycles. The first-order valence-corrected chi connectivity index (χ1v) is 6.51. The molecule has 1 N–H and O–H groups in total. The predicted molar refractivity (Wildman–Crippen MR) is 76.0 cm³/mol. The van der Waals surface area contributed by atoms with E-state index in [9.17, 15) is 0 Å². The third kappa shape index (κ3) is 2.92. The van der Waals surface area contributed by atoms with Gasteiger partial charge in [0.25, 0.3) is 0 Å². The van der Waals surface area contributed by atoms with Gasteiger partial charge in [0.1, 0.15) is 0 Å². The maximum Gasteiger partial charge on any atom is 0.0492 e. The highest BCUT2D eigenvalue weighted by Crippen LogP contribution is 2.15. The van der Waals surface area contributed by atoms with Gasteiger partial charge < -0.3 is 5.32 Å². The lowest BCUT2D eigenvalue weighted by Gasteiger charge is -2.10. The zero-order valence-electron chi connectivity index (χ0n) is 11.4. The van der Waals surface area contributed by atoms with Crippen LogP contribution in [0.2, 0.25) is 0 Å². The molecule has 0 saturated heterocycles. The van der Waals surface area contributed by atoms with Crippen LogP contribution in [0.5, 0.6) is 0 Å². The predicted octanol–water partition coefficient (Wildman–Crippen LogP) is 2.95. The number of aryl methyl sites for hydroxylation is 3. The van der Waals surface area contributed by atoms with Gasteiger partial charge in [-0.15, -0.1) is 0 Å². The summed E-state index contributed by atoms with van der Waals surface area (Å²) in [5, 5.41) is 7.64. The van der Waals surface area contributed by atoms with Crippen molar-refractivity contribution >= 4 is 5.69 Å². The second-order valence-electron chi connectivity index (χ2n) is 4.62. The Balaban J connectivity index is 1.92. The molecule has 2 rings (SSSR count). The summed E-state index contributed by atoms with van der Waals surface area (Å²) in [7, 11) is 1.98. The standard InChI is InChI=1S/C15H21N3/c1-4-13-11-14(6-5-12(13)2)16-9-7-15-8-10-17-18(15)3/h5-6,8,10-11,16H,4,7,9H2,1-3H3. The molecule has 0 amide bonds. The monoisotopic (exact) mass is 243 g/mol. The Morgan fingerprint density at radius 3 is 2.78 bits per heavy atom. The van der Waals surface area contributed by atoms with Gasteiger partial charge >= 0.3 is 0 Å². The van der Waals surface area contributed by atoms with Crippen LogP contribution in [0.25, 0.3) is 0 Å². The minimum Gasteiger partial charge on any atom is -0.385 e. The van der Waals surface area contributed by atoms with Crippen LogP contribution in [0.1, 0.15) is 23.7 Å². The van der Waals surface area contributed by atoms with Crippen molar-refractivity contribution in [2.75, 3.05) is 11.9 Å². The second kappa shape index (κ2) is 5.71. The average molecular weight is 243 g/mol. The minimum atomic E-state index is 0.936. The van der Waals surface area contributed by atoms with Crippen molar-refractivity contribution < 1.29 is 0 Å². The van der Waals surface area contributed by atoms with Crippen molar-refractivity contribution in [3.63, 3.8) is 0 Å². The van der Waals surface area contributed by atoms with Gasteiger partial charge in [-0.05, 0) is 42.7 Å². The zero-order chi connectivity index (χ0) is 13.0. The molecule has 0 atom stereocenters. The van der Waals surface area contributed by atoms with E-state index >= 15 is 0 Å². The molecule has 0 aliphatic rings. The molecule has 1 aromatic heterocycles. The van der Waals surface area contributed by atoms with Gasteiger partial charge in [-0.1, -0.05) is 13.0 Å². The van der Waals surface area contributed by atoms with E-state index in [1.807, 2.05) is 17.9 Å². The molecule has 0 radical (unpaired) electrons. The first-order valence-electron chi connectivity index (χ1n) is 6.51. The highest BCUT2D eigenvalue weighted by molar-refractivity contribution is 5.48. The molecule has 96 valence electrons. The lowest BCUT2D eigenvalue weighted by Crippen LogP contribution is -2.08. The maximum atomic E-state index is 4.17. The summed E-state index contributed by atoms with van der Waals surface area (Å²) in [6, 6.07) is 8.65. The Morgan fingerprint density at radius 1 is 1.28 bits per heavy atom. The summed E-state index contributed by atoms with van der Waals surface area (Å²) >= 11 is 0. The molecule has 3 nitrogen and oxygen atoms in total. The van der Waals surface area contributed by atoms with Crippen LogP contribution in [-0.2, 0) is 19.9 Å². The van der Waals surface area contributed by atoms with Gasteiger partial charge in [0, 0.05) is 37.6 Å². The first kappa shape index (κ1) is 12.7. The summed E-state index contributed by atoms with van der Waals surface area (Å²) in [6.45, 7) is 5.30. The molecular formula is C15H21N3. The molecule has 0 bridgehead atoms. The lowest BCUT2D eigenvalue weighted by atomic mass is 10.1. The lowest BCUT2D eigenvalue weighted by molar-refractivity contribution is 0.711. The Labute approximate surface area is 109 Å². The Hall–Kier alpha value is -1.77. The van der Waals surface area contributed by atoms with Crippen molar-refractivity contribution in [1.29, 1.82) is 0 Å². The SMILES string of the molecule is CCc1cc(NCCc2ccnn2C)ccc1C. The normalized spacial score (nSPS) is 10.6. The maximum absolute atomic E-state index is 4.17. The number of nitrogens with zero attached hydrogens (tertiary/aromatic N) is 2. The molecule has 0 unspecified atom stereocenters. The van der Waals surface area contributed by atoms with Gasteiger partial charge in [0.15, 0.2) is 0 Å². The van der Waals surface area contributed by atoms with Crippen LogP contribution in [0.15, 0.2) is 30.5 Å². The summed E-state index contributed by atoms with van der Waals surface area (Å²) in [5.41, 5.74) is 5.25. The molecule has 18 heavy (non-hydrogen) atoms. The van der Waals surface area contributed by atoms with Crippen molar-refractivity contribution in [3.05, 3.63) is 47.3 Å². The van der Waals surface area contributed by atoms with E-state index in [-0.39, 0.29) is 0 Å². The van der Waals surface area contributed by atoms with Crippen molar-refractivity contribution in [2.24, 2.45) is 7.05 Å². The third-order valence-electron chi connectivity index (χ3n) is 3.36. The first-order chi connectivity index (χ1) is 8.70. The van der Waals surface area contributed by atoms with Gasteiger partial charge in [-0.3, -0.25) is 4.68 Å². The number of anilines is 1. The second-order valence-corrected chi connectivity index (χ2v) is 4.62. The summed E-state index contributed by atoms with van der Waals surface area (Å²) in [6.07, 6.45) is 3.92. The molecule has 0 fully saturated rings. The quantitative estimate of drug-likeness (QED) is 0.875. The molecular weight excluding hydrogens is 222 g/mol. The van der Waals surface area contributed by atoms with Crippen LogP contribution >= 0.6 is 0 Å². The fourth-order valence-electron chi connectivity index (χ4n) is 2.14. The van der Waals surface area contributed by atoms with Gasteiger partial charge in [0.05, 0.1) is 0 Å². The number of aromatic nitrogens is 2. The largest absolute Gasteiger partial charge is 0.385 e. The van der Waals surface area contributed by atoms with Crippen molar-refractivity contribution in [2.45, 2.75) is 26.7 Å². The number of benzene rings is 1. The number of nitrogens with one attached hydrogen (secondary N) is 1. The highest BCUT2D eigenvalue weighted by Gasteiger charge is 2.00. The van der Waals surface area contributed by atoms with Gasteiger partial charge in [0.2, 0.25) is 0 Å². The van der Waals surface area contributed by atoms with Crippen LogP contribution in [-0.4, -0.2) is 16.3 Å². The molecule has 3 heteroatoms. The number of rotatable bonds is 5. The molecule has 0 aliphatic carbocycles. The van der Waals surface area contributed by atoms with Crippen molar-refractivity contribution in [1.82, 2.24) is 9.78 Å². The van der Waals surface area contributed by atoms with Crippen LogP contribution in [0.3, 0.4) is 0 Å². The van der Waals surface area contributed by atoms with Crippen molar-refractivity contribution in [3.8, 4) is 0 Å². The van der Waals surface area contributed by atoms with E-state index in [0.29, 0.717) is 0 Å². The number of hydrogen-bond acceptors (Lipinski definition) is 2. The van der Waals surface area contributed by atoms with E-state index in [1.165, 1.54) is 22.5 Å². The minimum absolute atomic E-state index is 0.936. The van der Waals surface area contributed by atoms with E-state index < -0.39 is 0 Å². The fraction of sp³-hybridized carbons (Fsp3) is 0.400. The highest BCUT2D eigenvalue weighted by atomic mass is 15.3. The van der Waals surface area contributed by atoms with Crippen LogP contribution in [0, 0.1) is 6.92 Å². The fourth-order valence-corrected chi connectivity index (χ4v) is 2.14. The molecule has 0 aliphatic heterocycles. The Kier molecular flexibility index (Phi) is 4.03. The van der Waals surface area contributed by atoms with E-state index in [4.69, 9.17) is 0 Å². The van der Waals surface area contributed by atoms with Crippen LogP contribution in [0.4, 0.5) is 5.69 Å². The van der Waals surface area contributed by atoms with E-state index in [1.54, 1.807) is 0 Å².